The molecule has 0 unspecified atom stereocenters. The molecule has 1 spiro atoms. The van der Waals surface area contributed by atoms with Crippen LogP contribution in [0.4, 0.5) is 5.69 Å². The Morgan fingerprint density at radius 2 is 1.76 bits per heavy atom. The molecule has 0 aliphatic carbocycles. The van der Waals surface area contributed by atoms with Crippen molar-refractivity contribution in [3.8, 4) is 0 Å². The molecule has 0 aromatic heterocycles. The third-order valence-corrected chi connectivity index (χ3v) is 7.09. The number of nitrogens with zero attached hydrogens (tertiary/aromatic N) is 3. The van der Waals surface area contributed by atoms with E-state index in [1.165, 1.54) is 7.11 Å². The van der Waals surface area contributed by atoms with Gasteiger partial charge in [-0.2, -0.15) is 5.10 Å². The number of hydrogen-bond donors (Lipinski definition) is 0. The zero-order chi connectivity index (χ0) is 23.6. The van der Waals surface area contributed by atoms with Crippen molar-refractivity contribution in [2.45, 2.75) is 18.4 Å². The number of esters is 1. The molecule has 3 heterocycles. The quantitative estimate of drug-likeness (QED) is 0.547. The van der Waals surface area contributed by atoms with Crippen molar-refractivity contribution in [1.82, 2.24) is 5.01 Å². The van der Waals surface area contributed by atoms with E-state index >= 15 is 0 Å². The van der Waals surface area contributed by atoms with Crippen molar-refractivity contribution >= 4 is 35.0 Å². The number of hydrazone groups is 1. The minimum Gasteiger partial charge on any atom is -0.464 e. The second-order valence-corrected chi connectivity index (χ2v) is 8.90. The fourth-order valence-corrected chi connectivity index (χ4v) is 5.58. The summed E-state index contributed by atoms with van der Waals surface area (Å²) in [5.41, 5.74) is 5.08. The number of fused-ring (bicyclic) bond motifs is 6. The van der Waals surface area contributed by atoms with E-state index in [-0.39, 0.29) is 11.6 Å². The topological polar surface area (TPSA) is 62.2 Å². The van der Waals surface area contributed by atoms with Crippen LogP contribution in [0, 0.1) is 6.92 Å². The summed E-state index contributed by atoms with van der Waals surface area (Å²) in [5.74, 6) is -0.788. The van der Waals surface area contributed by atoms with Crippen molar-refractivity contribution < 1.29 is 14.3 Å². The van der Waals surface area contributed by atoms with E-state index in [2.05, 4.69) is 6.08 Å². The largest absolute Gasteiger partial charge is 0.464 e. The molecule has 3 aromatic carbocycles. The van der Waals surface area contributed by atoms with Crippen LogP contribution in [0.1, 0.15) is 33.9 Å². The number of carbonyl (C=O) groups excluding carboxylic acids is 2. The number of amides is 1. The lowest BCUT2D eigenvalue weighted by Gasteiger charge is -2.39. The van der Waals surface area contributed by atoms with Gasteiger partial charge in [-0.3, -0.25) is 9.80 Å². The van der Waals surface area contributed by atoms with Gasteiger partial charge in [0.2, 0.25) is 5.91 Å². The molecule has 0 bridgehead atoms. The molecule has 6 heteroatoms. The maximum Gasteiger partial charge on any atom is 0.355 e. The van der Waals surface area contributed by atoms with Gasteiger partial charge in [-0.05, 0) is 35.8 Å². The summed E-state index contributed by atoms with van der Waals surface area (Å²) >= 11 is 0. The fourth-order valence-electron chi connectivity index (χ4n) is 5.58. The van der Waals surface area contributed by atoms with Crippen LogP contribution in [-0.2, 0) is 19.7 Å². The molecule has 168 valence electrons. The standard InChI is InChI=1S/C28H23N3O3/c1-17-13-14-22-21(15-17)28(27(33)30(22)2)24(26(32)34-3)29-31-23(18-9-5-4-6-10-18)16-19-11-7-8-12-20(19)25(28)31/h4-16,25H,1-3H3/t25-,28+/m0/s1. The van der Waals surface area contributed by atoms with Crippen LogP contribution in [0.25, 0.3) is 11.8 Å². The van der Waals surface area contributed by atoms with Crippen LogP contribution in [0.3, 0.4) is 0 Å². The van der Waals surface area contributed by atoms with Gasteiger partial charge in [-0.1, -0.05) is 72.3 Å². The number of carbonyl (C=O) groups is 2. The molecule has 0 N–H and O–H groups in total. The molecular weight excluding hydrogens is 426 g/mol. The van der Waals surface area contributed by atoms with E-state index in [4.69, 9.17) is 9.84 Å². The molecule has 0 saturated heterocycles. The third kappa shape index (κ3) is 2.48. The van der Waals surface area contributed by atoms with E-state index in [1.807, 2.05) is 84.7 Å². The lowest BCUT2D eigenvalue weighted by molar-refractivity contribution is -0.134. The van der Waals surface area contributed by atoms with Gasteiger partial charge in [-0.25, -0.2) is 4.79 Å². The van der Waals surface area contributed by atoms with E-state index < -0.39 is 17.4 Å². The molecule has 2 atom stereocenters. The predicted octanol–water partition coefficient (Wildman–Crippen LogP) is 4.31. The second-order valence-electron chi connectivity index (χ2n) is 8.90. The predicted molar refractivity (Wildman–Crippen MR) is 131 cm³/mol. The molecule has 34 heavy (non-hydrogen) atoms. The average Bonchev–Trinajstić information content (AvgIpc) is 3.33. The molecule has 3 aromatic rings. The van der Waals surface area contributed by atoms with Crippen LogP contribution >= 0.6 is 0 Å². The minimum absolute atomic E-state index is 0.111. The van der Waals surface area contributed by atoms with E-state index in [1.54, 1.807) is 11.9 Å². The van der Waals surface area contributed by atoms with Crippen molar-refractivity contribution in [3.63, 3.8) is 0 Å². The van der Waals surface area contributed by atoms with Crippen LogP contribution in [0.15, 0.2) is 77.9 Å². The molecule has 6 nitrogen and oxygen atoms in total. The Bertz CT molecular complexity index is 1430. The summed E-state index contributed by atoms with van der Waals surface area (Å²) in [6.45, 7) is 1.99. The lowest BCUT2D eigenvalue weighted by Crippen LogP contribution is -2.51. The smallest absolute Gasteiger partial charge is 0.355 e. The number of ether oxygens (including phenoxy) is 1. The maximum absolute atomic E-state index is 14.2. The Kier molecular flexibility index (Phi) is 4.30. The van der Waals surface area contributed by atoms with E-state index in [0.717, 1.165) is 39.2 Å². The summed E-state index contributed by atoms with van der Waals surface area (Å²) in [6.07, 6.45) is 2.07. The third-order valence-electron chi connectivity index (χ3n) is 7.09. The zero-order valence-electron chi connectivity index (χ0n) is 19.1. The summed E-state index contributed by atoms with van der Waals surface area (Å²) < 4.78 is 5.20. The van der Waals surface area contributed by atoms with Gasteiger partial charge in [0.05, 0.1) is 12.8 Å². The Morgan fingerprint density at radius 3 is 2.53 bits per heavy atom. The highest BCUT2D eigenvalue weighted by atomic mass is 16.5. The van der Waals surface area contributed by atoms with Gasteiger partial charge in [0.1, 0.15) is 6.04 Å². The van der Waals surface area contributed by atoms with Gasteiger partial charge < -0.3 is 9.64 Å². The van der Waals surface area contributed by atoms with Crippen LogP contribution < -0.4 is 4.90 Å². The number of likely N-dealkylation sites (N-methyl/N-ethyl adjacent to an activating group) is 1. The summed E-state index contributed by atoms with van der Waals surface area (Å²) in [4.78, 5) is 29.1. The van der Waals surface area contributed by atoms with Gasteiger partial charge >= 0.3 is 5.97 Å². The normalized spacial score (nSPS) is 22.2. The van der Waals surface area contributed by atoms with E-state index in [0.29, 0.717) is 0 Å². The molecule has 1 amide bonds. The van der Waals surface area contributed by atoms with Crippen molar-refractivity contribution in [3.05, 3.63) is 101 Å². The molecule has 0 radical (unpaired) electrons. The minimum atomic E-state index is -1.33. The molecule has 3 aliphatic heterocycles. The highest BCUT2D eigenvalue weighted by Gasteiger charge is 2.67. The first kappa shape index (κ1) is 20.4. The molecular formula is C28H23N3O3. The van der Waals surface area contributed by atoms with Crippen LogP contribution in [0.2, 0.25) is 0 Å². The second kappa shape index (κ2) is 7.15. The van der Waals surface area contributed by atoms with Gasteiger partial charge in [0.15, 0.2) is 11.1 Å². The van der Waals surface area contributed by atoms with Crippen molar-refractivity contribution in [2.24, 2.45) is 5.10 Å². The molecule has 6 rings (SSSR count). The first-order valence-corrected chi connectivity index (χ1v) is 11.2. The van der Waals surface area contributed by atoms with Gasteiger partial charge in [0, 0.05) is 18.3 Å². The first-order valence-electron chi connectivity index (χ1n) is 11.2. The Hall–Kier alpha value is -4.19. The number of benzene rings is 3. The number of rotatable bonds is 2. The number of aryl methyl sites for hydroxylation is 1. The number of hydrogen-bond acceptors (Lipinski definition) is 5. The Balaban J connectivity index is 1.71. The molecule has 0 saturated carbocycles. The number of anilines is 1. The average molecular weight is 450 g/mol. The van der Waals surface area contributed by atoms with Crippen LogP contribution in [0.5, 0.6) is 0 Å². The molecule has 0 fully saturated rings. The highest BCUT2D eigenvalue weighted by molar-refractivity contribution is 6.48. The van der Waals surface area contributed by atoms with Crippen molar-refractivity contribution in [1.29, 1.82) is 0 Å². The first-order chi connectivity index (χ1) is 16.5. The van der Waals surface area contributed by atoms with Gasteiger partial charge in [-0.15, -0.1) is 0 Å². The molecule has 3 aliphatic rings. The Morgan fingerprint density at radius 1 is 1.03 bits per heavy atom. The lowest BCUT2D eigenvalue weighted by atomic mass is 9.67. The summed E-state index contributed by atoms with van der Waals surface area (Å²) in [6, 6.07) is 23.3. The maximum atomic E-state index is 14.2. The van der Waals surface area contributed by atoms with Crippen LogP contribution in [-0.4, -0.2) is 36.8 Å². The van der Waals surface area contributed by atoms with Crippen molar-refractivity contribution in [2.75, 3.05) is 19.1 Å². The number of methoxy groups -OCH3 is 1. The highest BCUT2D eigenvalue weighted by Crippen LogP contribution is 2.58. The van der Waals surface area contributed by atoms with Gasteiger partial charge in [0.25, 0.3) is 0 Å². The fraction of sp³-hybridized carbons (Fsp3) is 0.179. The summed E-state index contributed by atoms with van der Waals surface area (Å²) in [5, 5.41) is 6.69. The Labute approximate surface area is 197 Å². The monoisotopic (exact) mass is 449 g/mol. The zero-order valence-corrected chi connectivity index (χ0v) is 19.1. The SMILES string of the molecule is COC(=O)C1=NN2C(c3ccccc3)=Cc3ccccc3[C@H]2[C@]12C(=O)N(C)c1ccc(C)cc12. The summed E-state index contributed by atoms with van der Waals surface area (Å²) in [7, 11) is 3.09. The van der Waals surface area contributed by atoms with E-state index in [9.17, 15) is 9.59 Å².